The van der Waals surface area contributed by atoms with Crippen LogP contribution >= 0.6 is 0 Å². The average molecular weight is 330 g/mol. The van der Waals surface area contributed by atoms with Gasteiger partial charge >= 0.3 is 6.09 Å². The molecule has 128 valence electrons. The topological polar surface area (TPSA) is 70.7 Å². The van der Waals surface area contributed by atoms with Crippen molar-refractivity contribution in [1.82, 2.24) is 20.0 Å². The summed E-state index contributed by atoms with van der Waals surface area (Å²) < 4.78 is 10.8. The Morgan fingerprint density at radius 3 is 2.54 bits per heavy atom. The summed E-state index contributed by atoms with van der Waals surface area (Å²) in [6.07, 6.45) is 1.50. The van der Waals surface area contributed by atoms with Gasteiger partial charge in [0, 0.05) is 32.4 Å². The first-order chi connectivity index (χ1) is 11.8. The lowest BCUT2D eigenvalue weighted by atomic mass is 10.1. The smallest absolute Gasteiger partial charge is 0.409 e. The fraction of sp³-hybridized carbons (Fsp3) is 0.412. The summed E-state index contributed by atoms with van der Waals surface area (Å²) in [5.74, 6) is 0.825. The minimum absolute atomic E-state index is 0.229. The number of H-pyrrole nitrogens is 1. The Balaban J connectivity index is 1.44. The number of rotatable bonds is 5. The predicted molar refractivity (Wildman–Crippen MR) is 89.7 cm³/mol. The monoisotopic (exact) mass is 330 g/mol. The third-order valence-electron chi connectivity index (χ3n) is 3.98. The van der Waals surface area contributed by atoms with E-state index in [9.17, 15) is 4.79 Å². The van der Waals surface area contributed by atoms with Crippen molar-refractivity contribution in [2.24, 2.45) is 0 Å². The zero-order chi connectivity index (χ0) is 16.8. The van der Waals surface area contributed by atoms with Gasteiger partial charge in [-0.05, 0) is 42.8 Å². The van der Waals surface area contributed by atoms with Gasteiger partial charge in [-0.1, -0.05) is 0 Å². The molecule has 2 aromatic rings. The number of hydrogen-bond donors (Lipinski definition) is 1. The maximum atomic E-state index is 11.7. The van der Waals surface area contributed by atoms with Gasteiger partial charge in [0.25, 0.3) is 0 Å². The second kappa shape index (κ2) is 7.83. The second-order valence-electron chi connectivity index (χ2n) is 5.57. The van der Waals surface area contributed by atoms with E-state index in [1.54, 1.807) is 11.1 Å². The zero-order valence-electron chi connectivity index (χ0n) is 13.8. The van der Waals surface area contributed by atoms with Gasteiger partial charge in [-0.3, -0.25) is 10.00 Å². The highest BCUT2D eigenvalue weighted by Gasteiger charge is 2.21. The molecule has 24 heavy (non-hydrogen) atoms. The van der Waals surface area contributed by atoms with Crippen LogP contribution in [0.4, 0.5) is 4.79 Å². The maximum absolute atomic E-state index is 11.7. The Kier molecular flexibility index (Phi) is 5.32. The minimum atomic E-state index is -0.229. The van der Waals surface area contributed by atoms with E-state index in [1.807, 2.05) is 37.3 Å². The van der Waals surface area contributed by atoms with Crippen LogP contribution in [0.3, 0.4) is 0 Å². The van der Waals surface area contributed by atoms with Crippen molar-refractivity contribution >= 4 is 6.09 Å². The highest BCUT2D eigenvalue weighted by atomic mass is 16.6. The van der Waals surface area contributed by atoms with Gasteiger partial charge in [-0.2, -0.15) is 5.10 Å². The molecular weight excluding hydrogens is 308 g/mol. The number of benzene rings is 1. The average Bonchev–Trinajstić information content (AvgIpc) is 3.16. The molecule has 1 aliphatic heterocycles. The highest BCUT2D eigenvalue weighted by molar-refractivity contribution is 5.67. The number of carbonyl (C=O) groups excluding carboxylic acids is 1. The first-order valence-electron chi connectivity index (χ1n) is 8.13. The molecule has 3 rings (SSSR count). The van der Waals surface area contributed by atoms with Crippen LogP contribution in [-0.4, -0.2) is 65.6 Å². The van der Waals surface area contributed by atoms with Gasteiger partial charge in [0.1, 0.15) is 12.5 Å². The lowest BCUT2D eigenvalue weighted by molar-refractivity contribution is 0.0516. The van der Waals surface area contributed by atoms with Gasteiger partial charge in [-0.25, -0.2) is 4.79 Å². The summed E-state index contributed by atoms with van der Waals surface area (Å²) in [6.45, 7) is 5.65. The number of aromatic amines is 1. The lowest BCUT2D eigenvalue weighted by Crippen LogP contribution is -2.49. The van der Waals surface area contributed by atoms with Gasteiger partial charge in [0.05, 0.1) is 12.3 Å². The largest absolute Gasteiger partial charge is 0.478 e. The van der Waals surface area contributed by atoms with Crippen molar-refractivity contribution in [3.05, 3.63) is 36.5 Å². The summed E-state index contributed by atoms with van der Waals surface area (Å²) in [4.78, 5) is 15.6. The number of aromatic nitrogens is 2. The van der Waals surface area contributed by atoms with Crippen molar-refractivity contribution in [1.29, 1.82) is 0 Å². The van der Waals surface area contributed by atoms with Crippen LogP contribution in [-0.2, 0) is 4.74 Å². The Hall–Kier alpha value is -2.54. The van der Waals surface area contributed by atoms with E-state index < -0.39 is 0 Å². The molecule has 1 aromatic heterocycles. The third kappa shape index (κ3) is 4.05. The van der Waals surface area contributed by atoms with Crippen LogP contribution in [0.15, 0.2) is 36.5 Å². The fourth-order valence-electron chi connectivity index (χ4n) is 2.59. The number of nitrogens with zero attached hydrogens (tertiary/aromatic N) is 3. The minimum Gasteiger partial charge on any atom is -0.478 e. The van der Waals surface area contributed by atoms with Crippen molar-refractivity contribution in [2.45, 2.75) is 6.92 Å². The molecule has 7 heteroatoms. The normalized spacial score (nSPS) is 15.3. The molecule has 1 amide bonds. The number of hydrogen-bond acceptors (Lipinski definition) is 5. The van der Waals surface area contributed by atoms with Crippen LogP contribution < -0.4 is 4.74 Å². The molecule has 1 aromatic carbocycles. The van der Waals surface area contributed by atoms with Crippen LogP contribution in [0.1, 0.15) is 6.92 Å². The van der Waals surface area contributed by atoms with Gasteiger partial charge in [0.15, 0.2) is 0 Å². The first-order valence-corrected chi connectivity index (χ1v) is 8.13. The third-order valence-corrected chi connectivity index (χ3v) is 3.98. The van der Waals surface area contributed by atoms with Crippen molar-refractivity contribution in [3.8, 4) is 17.0 Å². The summed E-state index contributed by atoms with van der Waals surface area (Å²) in [7, 11) is 0. The summed E-state index contributed by atoms with van der Waals surface area (Å²) in [5, 5.41) is 6.89. The van der Waals surface area contributed by atoms with Crippen LogP contribution in [0.25, 0.3) is 11.3 Å². The molecule has 0 unspecified atom stereocenters. The van der Waals surface area contributed by atoms with E-state index in [0.717, 1.165) is 30.1 Å². The molecule has 1 N–H and O–H groups in total. The standard InChI is InChI=1S/C17H22N4O3/c1-2-23-17(22)21-11-9-20(10-12-21)13-24-15-5-3-14(4-6-15)16-7-8-18-19-16/h3-8H,2,9-13H2,1H3,(H,18,19). The van der Waals surface area contributed by atoms with E-state index in [2.05, 4.69) is 15.1 Å². The molecular formula is C17H22N4O3. The van der Waals surface area contributed by atoms with Crippen molar-refractivity contribution < 1.29 is 14.3 Å². The molecule has 1 fully saturated rings. The molecule has 1 aliphatic rings. The number of amides is 1. The molecule has 7 nitrogen and oxygen atoms in total. The quantitative estimate of drug-likeness (QED) is 0.910. The number of ether oxygens (including phenoxy) is 2. The zero-order valence-corrected chi connectivity index (χ0v) is 13.8. The summed E-state index contributed by atoms with van der Waals surface area (Å²) in [6, 6.07) is 9.83. The molecule has 0 spiro atoms. The van der Waals surface area contributed by atoms with Gasteiger partial charge in [-0.15, -0.1) is 0 Å². The lowest BCUT2D eigenvalue weighted by Gasteiger charge is -2.33. The molecule has 1 saturated heterocycles. The van der Waals surface area contributed by atoms with Gasteiger partial charge < -0.3 is 14.4 Å². The number of nitrogens with one attached hydrogen (secondary N) is 1. The molecule has 0 aliphatic carbocycles. The number of piperazine rings is 1. The van der Waals surface area contributed by atoms with Crippen LogP contribution in [0.5, 0.6) is 5.75 Å². The Morgan fingerprint density at radius 1 is 1.17 bits per heavy atom. The van der Waals surface area contributed by atoms with Crippen molar-refractivity contribution in [3.63, 3.8) is 0 Å². The van der Waals surface area contributed by atoms with E-state index >= 15 is 0 Å². The Morgan fingerprint density at radius 2 is 1.92 bits per heavy atom. The first kappa shape index (κ1) is 16.3. The molecule has 0 bridgehead atoms. The predicted octanol–water partition coefficient (Wildman–Crippen LogP) is 2.19. The van der Waals surface area contributed by atoms with Crippen LogP contribution in [0.2, 0.25) is 0 Å². The van der Waals surface area contributed by atoms with E-state index in [4.69, 9.17) is 9.47 Å². The molecule has 0 atom stereocenters. The molecule has 0 saturated carbocycles. The fourth-order valence-corrected chi connectivity index (χ4v) is 2.59. The Bertz CT molecular complexity index is 634. The maximum Gasteiger partial charge on any atom is 0.409 e. The Labute approximate surface area is 141 Å². The SMILES string of the molecule is CCOC(=O)N1CCN(COc2ccc(-c3ccn[nH]3)cc2)CC1. The van der Waals surface area contributed by atoms with Gasteiger partial charge in [0.2, 0.25) is 0 Å². The van der Waals surface area contributed by atoms with E-state index in [0.29, 0.717) is 26.4 Å². The van der Waals surface area contributed by atoms with E-state index in [-0.39, 0.29) is 6.09 Å². The van der Waals surface area contributed by atoms with Crippen molar-refractivity contribution in [2.75, 3.05) is 39.5 Å². The summed E-state index contributed by atoms with van der Waals surface area (Å²) in [5.41, 5.74) is 2.06. The number of carbonyl (C=O) groups is 1. The van der Waals surface area contributed by atoms with Crippen LogP contribution in [0, 0.1) is 0 Å². The van der Waals surface area contributed by atoms with E-state index in [1.165, 1.54) is 0 Å². The summed E-state index contributed by atoms with van der Waals surface area (Å²) >= 11 is 0. The highest BCUT2D eigenvalue weighted by Crippen LogP contribution is 2.20. The molecule has 2 heterocycles. The molecule has 0 radical (unpaired) electrons. The second-order valence-corrected chi connectivity index (χ2v) is 5.57.